The number of thiophene rings is 1. The first kappa shape index (κ1) is 22.8. The Morgan fingerprint density at radius 3 is 2.51 bits per heavy atom. The zero-order valence-corrected chi connectivity index (χ0v) is 21.0. The third-order valence-electron chi connectivity index (χ3n) is 6.22. The van der Waals surface area contributed by atoms with Crippen molar-refractivity contribution in [3.05, 3.63) is 91.2 Å². The van der Waals surface area contributed by atoms with Crippen molar-refractivity contribution < 1.29 is 14.3 Å². The largest absolute Gasteiger partial charge is 0.457 e. The second-order valence-electron chi connectivity index (χ2n) is 8.58. The molecule has 4 heterocycles. The molecule has 0 atom stereocenters. The van der Waals surface area contributed by atoms with E-state index in [2.05, 4.69) is 10.3 Å². The molecule has 6 rings (SSSR count). The normalized spacial score (nSPS) is 14.3. The smallest absolute Gasteiger partial charge is 0.331 e. The summed E-state index contributed by atoms with van der Waals surface area (Å²) in [4.78, 5) is 36.0. The average molecular weight is 510 g/mol. The van der Waals surface area contributed by atoms with Crippen LogP contribution in [0.2, 0.25) is 0 Å². The minimum atomic E-state index is -0.257. The van der Waals surface area contributed by atoms with E-state index in [0.29, 0.717) is 17.9 Å². The van der Waals surface area contributed by atoms with Gasteiger partial charge in [-0.05, 0) is 48.9 Å². The predicted molar refractivity (Wildman–Crippen MR) is 146 cm³/mol. The Labute approximate surface area is 217 Å². The molecule has 37 heavy (non-hydrogen) atoms. The molecule has 9 heteroatoms. The van der Waals surface area contributed by atoms with Crippen LogP contribution in [0.1, 0.15) is 18.9 Å². The number of urea groups is 1. The van der Waals surface area contributed by atoms with Gasteiger partial charge in [-0.25, -0.2) is 9.78 Å². The highest BCUT2D eigenvalue weighted by Crippen LogP contribution is 2.50. The number of amides is 3. The number of ether oxygens (including phenoxy) is 1. The third-order valence-corrected chi connectivity index (χ3v) is 7.33. The molecule has 0 fully saturated rings. The number of rotatable bonds is 5. The molecule has 4 aromatic rings. The molecule has 0 spiro atoms. The van der Waals surface area contributed by atoms with Crippen LogP contribution in [0.3, 0.4) is 0 Å². The van der Waals surface area contributed by atoms with Crippen molar-refractivity contribution in [3.8, 4) is 11.5 Å². The van der Waals surface area contributed by atoms with Gasteiger partial charge in [0.05, 0.1) is 22.4 Å². The maximum atomic E-state index is 13.5. The Morgan fingerprint density at radius 2 is 1.78 bits per heavy atom. The summed E-state index contributed by atoms with van der Waals surface area (Å²) in [5.74, 6) is 1.45. The van der Waals surface area contributed by atoms with Crippen molar-refractivity contribution in [2.45, 2.75) is 20.3 Å². The molecule has 3 amide bonds. The summed E-state index contributed by atoms with van der Waals surface area (Å²) >= 11 is 1.48. The summed E-state index contributed by atoms with van der Waals surface area (Å²) in [6.07, 6.45) is 9.19. The average Bonchev–Trinajstić information content (AvgIpc) is 3.29. The number of aromatic nitrogens is 1. The molecular formula is C28H23N5O3S. The Hall–Kier alpha value is -4.63. The van der Waals surface area contributed by atoms with Gasteiger partial charge in [0.15, 0.2) is 0 Å². The summed E-state index contributed by atoms with van der Waals surface area (Å²) in [5, 5.41) is 4.78. The number of nitrogens with one attached hydrogen (secondary N) is 1. The van der Waals surface area contributed by atoms with E-state index in [4.69, 9.17) is 4.74 Å². The first-order chi connectivity index (χ1) is 18.0. The van der Waals surface area contributed by atoms with Crippen molar-refractivity contribution in [2.24, 2.45) is 0 Å². The Morgan fingerprint density at radius 1 is 1.00 bits per heavy atom. The highest BCUT2D eigenvalue weighted by Gasteiger charge is 2.33. The summed E-state index contributed by atoms with van der Waals surface area (Å²) in [7, 11) is 0. The lowest BCUT2D eigenvalue weighted by Crippen LogP contribution is -2.34. The molecule has 0 saturated heterocycles. The SMILES string of the molecule is CCC(=O)N1C=CN(c2sc3nccc4c3c2NC(=O)N4c2ccc(Oc3ccccc3)cc2C)C=C1. The van der Waals surface area contributed by atoms with Gasteiger partial charge in [-0.1, -0.05) is 36.5 Å². The summed E-state index contributed by atoms with van der Waals surface area (Å²) in [5.41, 5.74) is 3.12. The van der Waals surface area contributed by atoms with Gasteiger partial charge >= 0.3 is 6.03 Å². The van der Waals surface area contributed by atoms with Gasteiger partial charge in [0, 0.05) is 37.4 Å². The second kappa shape index (κ2) is 9.11. The molecule has 0 bridgehead atoms. The topological polar surface area (TPSA) is 78.0 Å². The van der Waals surface area contributed by atoms with E-state index < -0.39 is 0 Å². The van der Waals surface area contributed by atoms with Crippen molar-refractivity contribution in [3.63, 3.8) is 0 Å². The van der Waals surface area contributed by atoms with E-state index in [0.717, 1.165) is 37.9 Å². The van der Waals surface area contributed by atoms with E-state index in [1.807, 2.05) is 85.7 Å². The highest BCUT2D eigenvalue weighted by atomic mass is 32.1. The number of carbonyl (C=O) groups excluding carboxylic acids is 2. The van der Waals surface area contributed by atoms with Crippen LogP contribution in [-0.2, 0) is 4.79 Å². The molecule has 2 aliphatic rings. The summed E-state index contributed by atoms with van der Waals surface area (Å²) < 4.78 is 5.97. The molecule has 0 unspecified atom stereocenters. The van der Waals surface area contributed by atoms with Gasteiger partial charge in [0.2, 0.25) is 5.91 Å². The third kappa shape index (κ3) is 3.99. The Balaban J connectivity index is 1.36. The Kier molecular flexibility index (Phi) is 5.61. The van der Waals surface area contributed by atoms with Crippen LogP contribution < -0.4 is 19.9 Å². The number of anilines is 4. The van der Waals surface area contributed by atoms with E-state index in [9.17, 15) is 9.59 Å². The molecule has 0 radical (unpaired) electrons. The van der Waals surface area contributed by atoms with E-state index in [1.165, 1.54) is 11.3 Å². The van der Waals surface area contributed by atoms with Gasteiger partial charge < -0.3 is 15.0 Å². The molecule has 2 aliphatic heterocycles. The minimum Gasteiger partial charge on any atom is -0.457 e. The van der Waals surface area contributed by atoms with Crippen molar-refractivity contribution in [1.82, 2.24) is 9.88 Å². The number of aryl methyl sites for hydroxylation is 1. The highest BCUT2D eigenvalue weighted by molar-refractivity contribution is 7.23. The monoisotopic (exact) mass is 509 g/mol. The summed E-state index contributed by atoms with van der Waals surface area (Å²) in [6.45, 7) is 3.78. The van der Waals surface area contributed by atoms with Crippen molar-refractivity contribution in [2.75, 3.05) is 15.1 Å². The number of nitrogens with zero attached hydrogens (tertiary/aromatic N) is 4. The van der Waals surface area contributed by atoms with Gasteiger partial charge in [0.1, 0.15) is 21.3 Å². The van der Waals surface area contributed by atoms with Crippen LogP contribution in [0.5, 0.6) is 11.5 Å². The fourth-order valence-corrected chi connectivity index (χ4v) is 5.52. The lowest BCUT2D eigenvalue weighted by atomic mass is 10.1. The quantitative estimate of drug-likeness (QED) is 0.311. The molecule has 0 aliphatic carbocycles. The maximum absolute atomic E-state index is 13.5. The van der Waals surface area contributed by atoms with Gasteiger partial charge in [-0.2, -0.15) is 0 Å². The minimum absolute atomic E-state index is 0.00767. The fourth-order valence-electron chi connectivity index (χ4n) is 4.43. The second-order valence-corrected chi connectivity index (χ2v) is 9.56. The van der Waals surface area contributed by atoms with Crippen molar-refractivity contribution in [1.29, 1.82) is 0 Å². The number of carbonyl (C=O) groups is 2. The fraction of sp³-hybridized carbons (Fsp3) is 0.107. The van der Waals surface area contributed by atoms with Crippen LogP contribution >= 0.6 is 11.3 Å². The molecule has 8 nitrogen and oxygen atoms in total. The zero-order valence-electron chi connectivity index (χ0n) is 20.2. The number of benzene rings is 2. The van der Waals surface area contributed by atoms with Gasteiger partial charge in [-0.15, -0.1) is 0 Å². The lowest BCUT2D eigenvalue weighted by Gasteiger charge is -2.30. The first-order valence-electron chi connectivity index (χ1n) is 11.9. The zero-order chi connectivity index (χ0) is 25.5. The number of hydrogen-bond donors (Lipinski definition) is 1. The van der Waals surface area contributed by atoms with Gasteiger partial charge in [-0.3, -0.25) is 14.6 Å². The van der Waals surface area contributed by atoms with Crippen LogP contribution in [0, 0.1) is 6.92 Å². The summed E-state index contributed by atoms with van der Waals surface area (Å²) in [6, 6.07) is 16.9. The Bertz CT molecular complexity index is 1580. The molecule has 1 N–H and O–H groups in total. The molecule has 2 aromatic heterocycles. The van der Waals surface area contributed by atoms with E-state index in [1.54, 1.807) is 28.4 Å². The molecule has 2 aromatic carbocycles. The predicted octanol–water partition coefficient (Wildman–Crippen LogP) is 7.08. The number of hydrogen-bond acceptors (Lipinski definition) is 6. The number of para-hydroxylation sites is 1. The molecule has 0 saturated carbocycles. The van der Waals surface area contributed by atoms with Crippen LogP contribution in [-0.4, -0.2) is 21.8 Å². The maximum Gasteiger partial charge on any atom is 0.331 e. The van der Waals surface area contributed by atoms with Gasteiger partial charge in [0.25, 0.3) is 0 Å². The van der Waals surface area contributed by atoms with Crippen LogP contribution in [0.15, 0.2) is 85.6 Å². The number of pyridine rings is 1. The van der Waals surface area contributed by atoms with E-state index in [-0.39, 0.29) is 11.9 Å². The molecule has 184 valence electrons. The lowest BCUT2D eigenvalue weighted by molar-refractivity contribution is -0.126. The van der Waals surface area contributed by atoms with Crippen LogP contribution in [0.4, 0.5) is 26.9 Å². The molecular weight excluding hydrogens is 486 g/mol. The van der Waals surface area contributed by atoms with Crippen molar-refractivity contribution >= 4 is 55.6 Å². The van der Waals surface area contributed by atoms with E-state index >= 15 is 0 Å². The van der Waals surface area contributed by atoms with Crippen LogP contribution in [0.25, 0.3) is 10.2 Å². The first-order valence-corrected chi connectivity index (χ1v) is 12.7. The standard InChI is InChI=1S/C28H23N5O3S/c1-3-23(34)31-13-15-32(16-14-31)27-25-24-22(11-12-29-26(24)37-27)33(28(35)30-25)21-10-9-20(17-18(21)2)36-19-7-5-4-6-8-19/h4-17H,3H2,1-2H3,(H,30,35).